The Labute approximate surface area is 92.5 Å². The monoisotopic (exact) mass is 220 g/mol. The Balaban J connectivity index is 2.45. The molecular formula is C11H12N2O3. The number of aliphatic hydroxyl groups excluding tert-OH is 1. The molecular weight excluding hydrogens is 208 g/mol. The number of nitrogens with zero attached hydrogens (tertiary/aromatic N) is 1. The van der Waals surface area contributed by atoms with Crippen molar-refractivity contribution in [3.63, 3.8) is 0 Å². The van der Waals surface area contributed by atoms with E-state index in [2.05, 4.69) is 0 Å². The summed E-state index contributed by atoms with van der Waals surface area (Å²) in [6.07, 6.45) is -0.747. The molecule has 5 heteroatoms. The Bertz CT molecular complexity index is 468. The summed E-state index contributed by atoms with van der Waals surface area (Å²) in [6, 6.07) is 4.77. The number of fused-ring (bicyclic) bond motifs is 1. The molecule has 0 saturated heterocycles. The number of hydrogen-bond acceptors (Lipinski definition) is 4. The molecule has 0 bridgehead atoms. The number of nitrogen functional groups attached to an aromatic ring is 1. The largest absolute Gasteiger partial charge is 0.398 e. The molecule has 0 saturated carbocycles. The third-order valence-corrected chi connectivity index (χ3v) is 2.48. The molecule has 3 N–H and O–H groups in total. The highest BCUT2D eigenvalue weighted by Gasteiger charge is 2.37. The lowest BCUT2D eigenvalue weighted by Gasteiger charge is -2.15. The minimum absolute atomic E-state index is 0.00815. The van der Waals surface area contributed by atoms with Crippen molar-refractivity contribution in [3.8, 4) is 0 Å². The second-order valence-corrected chi connectivity index (χ2v) is 3.84. The molecule has 0 spiro atoms. The van der Waals surface area contributed by atoms with Crippen LogP contribution in [-0.4, -0.2) is 34.5 Å². The van der Waals surface area contributed by atoms with E-state index in [9.17, 15) is 14.7 Å². The Morgan fingerprint density at radius 1 is 1.38 bits per heavy atom. The third-order valence-electron chi connectivity index (χ3n) is 2.48. The van der Waals surface area contributed by atoms with Gasteiger partial charge in [-0.2, -0.15) is 0 Å². The molecule has 1 unspecified atom stereocenters. The van der Waals surface area contributed by atoms with Crippen LogP contribution in [0.25, 0.3) is 0 Å². The Hall–Kier alpha value is -1.88. The highest BCUT2D eigenvalue weighted by atomic mass is 16.3. The van der Waals surface area contributed by atoms with E-state index in [-0.39, 0.29) is 12.1 Å². The Morgan fingerprint density at radius 3 is 2.62 bits per heavy atom. The van der Waals surface area contributed by atoms with Gasteiger partial charge in [-0.05, 0) is 19.1 Å². The van der Waals surface area contributed by atoms with Gasteiger partial charge in [-0.25, -0.2) is 0 Å². The van der Waals surface area contributed by atoms with Gasteiger partial charge in [0.1, 0.15) is 0 Å². The minimum Gasteiger partial charge on any atom is -0.398 e. The molecule has 16 heavy (non-hydrogen) atoms. The van der Waals surface area contributed by atoms with Crippen molar-refractivity contribution >= 4 is 17.5 Å². The first-order valence-corrected chi connectivity index (χ1v) is 4.95. The standard InChI is InChI=1S/C11H12N2O3/c1-6(14)5-13-10(15)7-3-2-4-8(12)9(7)11(13)16/h2-4,6,14H,5,12H2,1H3. The van der Waals surface area contributed by atoms with Crippen LogP contribution >= 0.6 is 0 Å². The number of carbonyl (C=O) groups excluding carboxylic acids is 2. The first-order chi connectivity index (χ1) is 7.52. The predicted molar refractivity (Wildman–Crippen MR) is 57.9 cm³/mol. The average molecular weight is 220 g/mol. The Kier molecular flexibility index (Phi) is 2.40. The lowest BCUT2D eigenvalue weighted by atomic mass is 10.1. The van der Waals surface area contributed by atoms with Crippen LogP contribution in [0, 0.1) is 0 Å². The second kappa shape index (κ2) is 3.61. The summed E-state index contributed by atoms with van der Waals surface area (Å²) in [7, 11) is 0. The molecule has 5 nitrogen and oxygen atoms in total. The fourth-order valence-corrected chi connectivity index (χ4v) is 1.79. The summed E-state index contributed by atoms with van der Waals surface area (Å²) in [6.45, 7) is 1.51. The molecule has 1 atom stereocenters. The number of nitrogens with two attached hydrogens (primary N) is 1. The van der Waals surface area contributed by atoms with Crippen molar-refractivity contribution in [1.82, 2.24) is 4.90 Å². The first-order valence-electron chi connectivity index (χ1n) is 4.95. The zero-order valence-corrected chi connectivity index (χ0v) is 8.80. The number of rotatable bonds is 2. The summed E-state index contributed by atoms with van der Waals surface area (Å²) in [4.78, 5) is 24.7. The van der Waals surface area contributed by atoms with E-state index in [1.165, 1.54) is 6.92 Å². The van der Waals surface area contributed by atoms with E-state index in [0.29, 0.717) is 11.3 Å². The summed E-state index contributed by atoms with van der Waals surface area (Å²) in [5.74, 6) is -0.827. The summed E-state index contributed by atoms with van der Waals surface area (Å²) in [5.41, 5.74) is 6.51. The zero-order chi connectivity index (χ0) is 11.9. The molecule has 2 amide bonds. The third kappa shape index (κ3) is 1.45. The number of carbonyl (C=O) groups is 2. The van der Waals surface area contributed by atoms with Crippen LogP contribution in [-0.2, 0) is 0 Å². The van der Waals surface area contributed by atoms with Crippen molar-refractivity contribution in [2.24, 2.45) is 0 Å². The van der Waals surface area contributed by atoms with E-state index in [1.54, 1.807) is 18.2 Å². The highest BCUT2D eigenvalue weighted by molar-refractivity contribution is 6.23. The topological polar surface area (TPSA) is 83.6 Å². The number of amides is 2. The van der Waals surface area contributed by atoms with Crippen molar-refractivity contribution < 1.29 is 14.7 Å². The van der Waals surface area contributed by atoms with Crippen LogP contribution in [0.4, 0.5) is 5.69 Å². The number of β-amino-alcohol motifs (C(OH)–C–C–N with tert-alkyl or cyclic N) is 1. The van der Waals surface area contributed by atoms with Gasteiger partial charge >= 0.3 is 0 Å². The van der Waals surface area contributed by atoms with Gasteiger partial charge in [0.25, 0.3) is 11.8 Å². The van der Waals surface area contributed by atoms with Crippen molar-refractivity contribution in [2.75, 3.05) is 12.3 Å². The van der Waals surface area contributed by atoms with Gasteiger partial charge in [0.2, 0.25) is 0 Å². The lowest BCUT2D eigenvalue weighted by Crippen LogP contribution is -2.35. The van der Waals surface area contributed by atoms with Crippen LogP contribution in [0.5, 0.6) is 0 Å². The van der Waals surface area contributed by atoms with Crippen LogP contribution in [0.1, 0.15) is 27.6 Å². The quantitative estimate of drug-likeness (QED) is 0.552. The number of benzene rings is 1. The number of hydrogen-bond donors (Lipinski definition) is 2. The molecule has 84 valence electrons. The zero-order valence-electron chi connectivity index (χ0n) is 8.80. The molecule has 2 rings (SSSR count). The fourth-order valence-electron chi connectivity index (χ4n) is 1.79. The van der Waals surface area contributed by atoms with Crippen molar-refractivity contribution in [1.29, 1.82) is 0 Å². The molecule has 0 aliphatic carbocycles. The molecule has 1 aliphatic heterocycles. The number of aliphatic hydroxyl groups is 1. The highest BCUT2D eigenvalue weighted by Crippen LogP contribution is 2.27. The molecule has 0 radical (unpaired) electrons. The molecule has 1 aromatic rings. The van der Waals surface area contributed by atoms with Crippen LogP contribution in [0.3, 0.4) is 0 Å². The van der Waals surface area contributed by atoms with Gasteiger partial charge in [0, 0.05) is 5.69 Å². The van der Waals surface area contributed by atoms with Crippen molar-refractivity contribution in [3.05, 3.63) is 29.3 Å². The minimum atomic E-state index is -0.747. The second-order valence-electron chi connectivity index (χ2n) is 3.84. The molecule has 1 heterocycles. The van der Waals surface area contributed by atoms with E-state index < -0.39 is 17.9 Å². The first kappa shape index (κ1) is 10.6. The maximum absolute atomic E-state index is 11.9. The molecule has 1 aromatic carbocycles. The van der Waals surface area contributed by atoms with E-state index in [1.807, 2.05) is 0 Å². The van der Waals surface area contributed by atoms with E-state index in [4.69, 9.17) is 5.73 Å². The van der Waals surface area contributed by atoms with Crippen LogP contribution in [0.2, 0.25) is 0 Å². The summed E-state index contributed by atoms with van der Waals surface area (Å²) in [5, 5.41) is 9.22. The maximum Gasteiger partial charge on any atom is 0.263 e. The Morgan fingerprint density at radius 2 is 2.06 bits per heavy atom. The average Bonchev–Trinajstić information content (AvgIpc) is 2.44. The summed E-state index contributed by atoms with van der Waals surface area (Å²) >= 11 is 0. The smallest absolute Gasteiger partial charge is 0.263 e. The van der Waals surface area contributed by atoms with E-state index >= 15 is 0 Å². The van der Waals surface area contributed by atoms with Gasteiger partial charge < -0.3 is 10.8 Å². The molecule has 1 aliphatic rings. The molecule has 0 aromatic heterocycles. The maximum atomic E-state index is 11.9. The molecule has 0 fully saturated rings. The number of anilines is 1. The fraction of sp³-hybridized carbons (Fsp3) is 0.273. The van der Waals surface area contributed by atoms with Gasteiger partial charge in [0.05, 0.1) is 23.8 Å². The summed E-state index contributed by atoms with van der Waals surface area (Å²) < 4.78 is 0. The van der Waals surface area contributed by atoms with Crippen LogP contribution < -0.4 is 5.73 Å². The van der Waals surface area contributed by atoms with Gasteiger partial charge in [-0.15, -0.1) is 0 Å². The normalized spacial score (nSPS) is 16.5. The van der Waals surface area contributed by atoms with Crippen molar-refractivity contribution in [2.45, 2.75) is 13.0 Å². The SMILES string of the molecule is CC(O)CN1C(=O)c2cccc(N)c2C1=O. The van der Waals surface area contributed by atoms with Gasteiger partial charge in [0.15, 0.2) is 0 Å². The number of imide groups is 1. The lowest BCUT2D eigenvalue weighted by molar-refractivity contribution is 0.0563. The van der Waals surface area contributed by atoms with Gasteiger partial charge in [-0.3, -0.25) is 14.5 Å². The predicted octanol–water partition coefficient (Wildman–Crippen LogP) is 0.246. The van der Waals surface area contributed by atoms with Crippen LogP contribution in [0.15, 0.2) is 18.2 Å². The van der Waals surface area contributed by atoms with E-state index in [0.717, 1.165) is 4.90 Å². The van der Waals surface area contributed by atoms with Gasteiger partial charge in [-0.1, -0.05) is 6.07 Å².